The Balaban J connectivity index is 0.00000130. The molecule has 2 nitrogen and oxygen atoms in total. The number of hydrogen-bond donors (Lipinski definition) is 0. The second-order valence-corrected chi connectivity index (χ2v) is 10.1. The van der Waals surface area contributed by atoms with Gasteiger partial charge in [-0.3, -0.25) is 0 Å². The number of unbranched alkanes of at least 4 members (excludes halogenated alkanes) is 5. The molecule has 4 aromatic carbocycles. The molecule has 186 valence electrons. The van der Waals surface area contributed by atoms with Crippen LogP contribution in [0.4, 0.5) is 0 Å². The van der Waals surface area contributed by atoms with E-state index in [1.807, 2.05) is 13.8 Å². The number of fused-ring (bicyclic) bond motifs is 9. The highest BCUT2D eigenvalue weighted by Crippen LogP contribution is 2.38. The standard InChI is InChI=1S/C32H34N2.C2H6/c1-4-5-6-7-8-9-10-23-21-34(3)32-24(23)13-14-28-26-15-17-29-27(25(26)16-18-30(28)32)12-11-22-19-20-33(2)31(22)29;1-2/h11-21H,4-10H2,1-3H3;1-2H3. The van der Waals surface area contributed by atoms with E-state index in [4.69, 9.17) is 0 Å². The maximum Gasteiger partial charge on any atom is 0.0560 e. The van der Waals surface area contributed by atoms with Crippen LogP contribution in [-0.4, -0.2) is 9.13 Å². The normalized spacial score (nSPS) is 11.7. The second kappa shape index (κ2) is 10.4. The molecular formula is C34H40N2. The molecule has 2 heteroatoms. The Labute approximate surface area is 215 Å². The van der Waals surface area contributed by atoms with Crippen molar-refractivity contribution in [3.05, 3.63) is 72.6 Å². The average Bonchev–Trinajstić information content (AvgIpc) is 3.46. The Morgan fingerprint density at radius 3 is 1.75 bits per heavy atom. The van der Waals surface area contributed by atoms with Gasteiger partial charge in [0.2, 0.25) is 0 Å². The zero-order valence-corrected chi connectivity index (χ0v) is 22.7. The first-order chi connectivity index (χ1) is 17.7. The van der Waals surface area contributed by atoms with Crippen molar-refractivity contribution in [3.8, 4) is 0 Å². The summed E-state index contributed by atoms with van der Waals surface area (Å²) >= 11 is 0. The summed E-state index contributed by atoms with van der Waals surface area (Å²) in [6.45, 7) is 6.29. The topological polar surface area (TPSA) is 9.86 Å². The van der Waals surface area contributed by atoms with Crippen LogP contribution >= 0.6 is 0 Å². The predicted molar refractivity (Wildman–Crippen MR) is 160 cm³/mol. The second-order valence-electron chi connectivity index (χ2n) is 10.1. The van der Waals surface area contributed by atoms with E-state index < -0.39 is 0 Å². The van der Waals surface area contributed by atoms with E-state index in [1.165, 1.54) is 105 Å². The SMILES string of the molecule is CC.CCCCCCCCc1cn(C)c2c1ccc1c3ccc4c(ccc5ccn(C)c54)c3ccc12. The molecule has 0 radical (unpaired) electrons. The summed E-state index contributed by atoms with van der Waals surface area (Å²) in [7, 11) is 4.35. The van der Waals surface area contributed by atoms with Crippen molar-refractivity contribution in [1.29, 1.82) is 0 Å². The Morgan fingerprint density at radius 1 is 0.528 bits per heavy atom. The van der Waals surface area contributed by atoms with E-state index in [0.717, 1.165) is 0 Å². The summed E-state index contributed by atoms with van der Waals surface area (Å²) < 4.78 is 4.59. The Bertz CT molecular complexity index is 1660. The van der Waals surface area contributed by atoms with Crippen LogP contribution in [0.25, 0.3) is 54.1 Å². The number of aromatic nitrogens is 2. The molecule has 0 amide bonds. The van der Waals surface area contributed by atoms with Gasteiger partial charge in [0.25, 0.3) is 0 Å². The lowest BCUT2D eigenvalue weighted by Gasteiger charge is -2.11. The zero-order chi connectivity index (χ0) is 25.2. The molecule has 0 aliphatic carbocycles. The molecule has 0 unspecified atom stereocenters. The number of hydrogen-bond acceptors (Lipinski definition) is 0. The van der Waals surface area contributed by atoms with Gasteiger partial charge in [0.1, 0.15) is 0 Å². The fourth-order valence-electron chi connectivity index (χ4n) is 6.12. The summed E-state index contributed by atoms with van der Waals surface area (Å²) in [6, 6.07) is 20.8. The lowest BCUT2D eigenvalue weighted by molar-refractivity contribution is 0.608. The average molecular weight is 477 g/mol. The van der Waals surface area contributed by atoms with Gasteiger partial charge in [0.15, 0.2) is 0 Å². The molecule has 6 rings (SSSR count). The maximum absolute atomic E-state index is 2.37. The lowest BCUT2D eigenvalue weighted by atomic mass is 9.94. The van der Waals surface area contributed by atoms with Crippen molar-refractivity contribution >= 4 is 54.1 Å². The van der Waals surface area contributed by atoms with Crippen LogP contribution < -0.4 is 0 Å². The van der Waals surface area contributed by atoms with Gasteiger partial charge in [-0.2, -0.15) is 0 Å². The van der Waals surface area contributed by atoms with Gasteiger partial charge in [-0.05, 0) is 46.0 Å². The number of benzene rings is 4. The number of nitrogens with zero attached hydrogens (tertiary/aromatic N) is 2. The largest absolute Gasteiger partial charge is 0.350 e. The van der Waals surface area contributed by atoms with Crippen LogP contribution in [-0.2, 0) is 20.5 Å². The van der Waals surface area contributed by atoms with Crippen LogP contribution in [0.3, 0.4) is 0 Å². The van der Waals surface area contributed by atoms with Crippen LogP contribution in [0.15, 0.2) is 67.0 Å². The van der Waals surface area contributed by atoms with Gasteiger partial charge < -0.3 is 9.13 Å². The number of rotatable bonds is 7. The Hall–Kier alpha value is -3.26. The van der Waals surface area contributed by atoms with Gasteiger partial charge in [0, 0.05) is 48.0 Å². The summed E-state index contributed by atoms with van der Waals surface area (Å²) in [4.78, 5) is 0. The monoisotopic (exact) mass is 476 g/mol. The van der Waals surface area contributed by atoms with Crippen LogP contribution in [0.5, 0.6) is 0 Å². The maximum atomic E-state index is 2.37. The van der Waals surface area contributed by atoms with Gasteiger partial charge in [-0.25, -0.2) is 0 Å². The Morgan fingerprint density at radius 2 is 1.06 bits per heavy atom. The first kappa shape index (κ1) is 24.4. The van der Waals surface area contributed by atoms with Crippen LogP contribution in [0.2, 0.25) is 0 Å². The van der Waals surface area contributed by atoms with Gasteiger partial charge >= 0.3 is 0 Å². The third-order valence-corrected chi connectivity index (χ3v) is 7.85. The molecule has 2 aromatic heterocycles. The van der Waals surface area contributed by atoms with Crippen molar-refractivity contribution in [2.75, 3.05) is 0 Å². The molecule has 0 atom stereocenters. The van der Waals surface area contributed by atoms with Crippen molar-refractivity contribution in [2.24, 2.45) is 14.1 Å². The molecule has 0 spiro atoms. The quantitative estimate of drug-likeness (QED) is 0.160. The highest BCUT2D eigenvalue weighted by atomic mass is 14.9. The highest BCUT2D eigenvalue weighted by molar-refractivity contribution is 6.24. The zero-order valence-electron chi connectivity index (χ0n) is 22.7. The lowest BCUT2D eigenvalue weighted by Crippen LogP contribution is -1.89. The summed E-state index contributed by atoms with van der Waals surface area (Å²) in [6.07, 6.45) is 13.8. The number of aryl methyl sites for hydroxylation is 3. The van der Waals surface area contributed by atoms with Gasteiger partial charge in [-0.15, -0.1) is 0 Å². The predicted octanol–water partition coefficient (Wildman–Crippen LogP) is 10.1. The van der Waals surface area contributed by atoms with Gasteiger partial charge in [-0.1, -0.05) is 101 Å². The first-order valence-electron chi connectivity index (χ1n) is 14.0. The molecule has 0 bridgehead atoms. The third-order valence-electron chi connectivity index (χ3n) is 7.85. The molecule has 36 heavy (non-hydrogen) atoms. The molecule has 2 heterocycles. The van der Waals surface area contributed by atoms with E-state index in [9.17, 15) is 0 Å². The minimum Gasteiger partial charge on any atom is -0.350 e. The molecular weight excluding hydrogens is 436 g/mol. The van der Waals surface area contributed by atoms with Crippen LogP contribution in [0.1, 0.15) is 64.9 Å². The third kappa shape index (κ3) is 4.07. The summed E-state index contributed by atoms with van der Waals surface area (Å²) in [5.41, 5.74) is 4.19. The van der Waals surface area contributed by atoms with Crippen molar-refractivity contribution < 1.29 is 0 Å². The summed E-state index contributed by atoms with van der Waals surface area (Å²) in [5.74, 6) is 0. The smallest absolute Gasteiger partial charge is 0.0560 e. The Kier molecular flexibility index (Phi) is 7.05. The van der Waals surface area contributed by atoms with Crippen molar-refractivity contribution in [3.63, 3.8) is 0 Å². The molecule has 0 N–H and O–H groups in total. The fourth-order valence-corrected chi connectivity index (χ4v) is 6.12. The fraction of sp³-hybridized carbons (Fsp3) is 0.353. The minimum atomic E-state index is 1.18. The molecule has 0 aliphatic rings. The summed E-state index contributed by atoms with van der Waals surface area (Å²) in [5, 5.41) is 10.8. The minimum absolute atomic E-state index is 1.18. The molecule has 6 aromatic rings. The highest BCUT2D eigenvalue weighted by Gasteiger charge is 2.13. The molecule has 0 saturated carbocycles. The van der Waals surface area contributed by atoms with Crippen molar-refractivity contribution in [1.82, 2.24) is 9.13 Å². The van der Waals surface area contributed by atoms with E-state index >= 15 is 0 Å². The van der Waals surface area contributed by atoms with E-state index in [-0.39, 0.29) is 0 Å². The molecule has 0 aliphatic heterocycles. The first-order valence-corrected chi connectivity index (χ1v) is 14.0. The van der Waals surface area contributed by atoms with E-state index in [2.05, 4.69) is 97.1 Å². The van der Waals surface area contributed by atoms with E-state index in [1.54, 1.807) is 0 Å². The van der Waals surface area contributed by atoms with E-state index in [0.29, 0.717) is 0 Å². The molecule has 0 saturated heterocycles. The van der Waals surface area contributed by atoms with Crippen LogP contribution in [0, 0.1) is 0 Å². The molecule has 0 fully saturated rings. The van der Waals surface area contributed by atoms with Gasteiger partial charge in [0.05, 0.1) is 11.0 Å². The van der Waals surface area contributed by atoms with Crippen molar-refractivity contribution in [2.45, 2.75) is 65.7 Å².